The summed E-state index contributed by atoms with van der Waals surface area (Å²) in [5, 5.41) is 13.6. The highest BCUT2D eigenvalue weighted by Crippen LogP contribution is 2.26. The van der Waals surface area contributed by atoms with E-state index >= 15 is 0 Å². The summed E-state index contributed by atoms with van der Waals surface area (Å²) >= 11 is 6.03. The molecular weight excluding hydrogens is 380 g/mol. The summed E-state index contributed by atoms with van der Waals surface area (Å²) < 4.78 is 0. The Morgan fingerprint density at radius 3 is 2.64 bits per heavy atom. The number of carbonyl (C=O) groups is 1. The number of nitro benzene ring substituents is 1. The average Bonchev–Trinajstić information content (AvgIpc) is 3.12. The number of hydrogen-bond donors (Lipinski definition) is 2. The molecule has 1 aromatic heterocycles. The Morgan fingerprint density at radius 2 is 1.89 bits per heavy atom. The van der Waals surface area contributed by atoms with Gasteiger partial charge in [-0.05, 0) is 30.3 Å². The van der Waals surface area contributed by atoms with Crippen molar-refractivity contribution in [1.29, 1.82) is 0 Å². The minimum absolute atomic E-state index is 0.0140. The Bertz CT molecular complexity index is 1190. The smallest absolute Gasteiger partial charge is 0.270 e. The van der Waals surface area contributed by atoms with Crippen LogP contribution >= 0.6 is 11.6 Å². The zero-order chi connectivity index (χ0) is 19.7. The van der Waals surface area contributed by atoms with Gasteiger partial charge in [-0.25, -0.2) is 4.98 Å². The Hall–Kier alpha value is -3.71. The Labute approximate surface area is 164 Å². The van der Waals surface area contributed by atoms with Crippen LogP contribution in [0.2, 0.25) is 5.02 Å². The largest absolute Gasteiger partial charge is 0.338 e. The maximum absolute atomic E-state index is 12.5. The van der Waals surface area contributed by atoms with E-state index in [4.69, 9.17) is 11.6 Å². The van der Waals surface area contributed by atoms with Crippen molar-refractivity contribution >= 4 is 39.9 Å². The van der Waals surface area contributed by atoms with Crippen LogP contribution in [0.15, 0.2) is 66.7 Å². The van der Waals surface area contributed by atoms with Crippen LogP contribution < -0.4 is 5.32 Å². The lowest BCUT2D eigenvalue weighted by atomic mass is 10.1. The van der Waals surface area contributed by atoms with Crippen molar-refractivity contribution in [2.45, 2.75) is 0 Å². The summed E-state index contributed by atoms with van der Waals surface area (Å²) in [5.74, 6) is 0.229. The van der Waals surface area contributed by atoms with Crippen molar-refractivity contribution in [1.82, 2.24) is 9.97 Å². The van der Waals surface area contributed by atoms with Crippen LogP contribution in [0.5, 0.6) is 0 Å². The first-order valence-electron chi connectivity index (χ1n) is 8.32. The molecule has 8 heteroatoms. The van der Waals surface area contributed by atoms with E-state index in [1.165, 1.54) is 12.1 Å². The molecule has 4 rings (SSSR count). The molecule has 0 spiro atoms. The fourth-order valence-corrected chi connectivity index (χ4v) is 3.09. The number of aromatic amines is 1. The molecule has 1 heterocycles. The topological polar surface area (TPSA) is 101 Å². The number of halogens is 1. The molecule has 28 heavy (non-hydrogen) atoms. The van der Waals surface area contributed by atoms with Crippen molar-refractivity contribution in [3.63, 3.8) is 0 Å². The molecule has 1 amide bonds. The van der Waals surface area contributed by atoms with Gasteiger partial charge < -0.3 is 10.3 Å². The average molecular weight is 393 g/mol. The second-order valence-corrected chi connectivity index (χ2v) is 6.47. The van der Waals surface area contributed by atoms with Crippen LogP contribution in [-0.4, -0.2) is 20.8 Å². The third-order valence-electron chi connectivity index (χ3n) is 4.19. The predicted octanol–water partition coefficient (Wildman–Crippen LogP) is 5.04. The third kappa shape index (κ3) is 3.43. The van der Waals surface area contributed by atoms with Crippen molar-refractivity contribution in [3.05, 3.63) is 87.4 Å². The Morgan fingerprint density at radius 1 is 1.07 bits per heavy atom. The monoisotopic (exact) mass is 392 g/mol. The van der Waals surface area contributed by atoms with Gasteiger partial charge >= 0.3 is 0 Å². The Balaban J connectivity index is 1.60. The van der Waals surface area contributed by atoms with Gasteiger partial charge in [0, 0.05) is 23.4 Å². The predicted molar refractivity (Wildman–Crippen MR) is 108 cm³/mol. The lowest BCUT2D eigenvalue weighted by Crippen LogP contribution is -2.12. The van der Waals surface area contributed by atoms with E-state index in [1.54, 1.807) is 18.2 Å². The number of imidazole rings is 1. The number of fused-ring (bicyclic) bond motifs is 1. The first-order chi connectivity index (χ1) is 13.5. The summed E-state index contributed by atoms with van der Waals surface area (Å²) in [5.41, 5.74) is 3.12. The van der Waals surface area contributed by atoms with E-state index in [9.17, 15) is 14.9 Å². The molecule has 0 aliphatic heterocycles. The van der Waals surface area contributed by atoms with Gasteiger partial charge in [0.2, 0.25) is 0 Å². The first kappa shape index (κ1) is 17.7. The molecule has 0 aliphatic rings. The SMILES string of the molecule is O=C(Nc1cccc(-c2nc3ccccc3[nH]2)c1)c1ccc([N+](=O)[O-])cc1Cl. The van der Waals surface area contributed by atoms with Gasteiger partial charge in [0.1, 0.15) is 5.82 Å². The number of non-ortho nitro benzene ring substituents is 1. The van der Waals surface area contributed by atoms with Gasteiger partial charge in [0.25, 0.3) is 11.6 Å². The first-order valence-corrected chi connectivity index (χ1v) is 8.69. The molecule has 0 fully saturated rings. The summed E-state index contributed by atoms with van der Waals surface area (Å²) in [6.07, 6.45) is 0. The van der Waals surface area contributed by atoms with Crippen LogP contribution in [0.25, 0.3) is 22.4 Å². The van der Waals surface area contributed by atoms with E-state index in [-0.39, 0.29) is 16.3 Å². The van der Waals surface area contributed by atoms with E-state index in [0.29, 0.717) is 11.5 Å². The molecule has 0 radical (unpaired) electrons. The molecule has 0 atom stereocenters. The zero-order valence-electron chi connectivity index (χ0n) is 14.3. The molecule has 0 bridgehead atoms. The van der Waals surface area contributed by atoms with Crippen molar-refractivity contribution in [2.24, 2.45) is 0 Å². The number of aromatic nitrogens is 2. The van der Waals surface area contributed by atoms with Crippen molar-refractivity contribution in [3.8, 4) is 11.4 Å². The summed E-state index contributed by atoms with van der Waals surface area (Å²) in [4.78, 5) is 30.5. The van der Waals surface area contributed by atoms with Gasteiger partial charge in [-0.1, -0.05) is 35.9 Å². The van der Waals surface area contributed by atoms with Crippen LogP contribution in [0.4, 0.5) is 11.4 Å². The summed E-state index contributed by atoms with van der Waals surface area (Å²) in [6.45, 7) is 0. The van der Waals surface area contributed by atoms with Gasteiger partial charge in [-0.15, -0.1) is 0 Å². The highest BCUT2D eigenvalue weighted by atomic mass is 35.5. The van der Waals surface area contributed by atoms with E-state index < -0.39 is 10.8 Å². The molecule has 7 nitrogen and oxygen atoms in total. The lowest BCUT2D eigenvalue weighted by molar-refractivity contribution is -0.384. The molecule has 2 N–H and O–H groups in total. The second kappa shape index (κ2) is 7.13. The third-order valence-corrected chi connectivity index (χ3v) is 4.50. The summed E-state index contributed by atoms with van der Waals surface area (Å²) in [6, 6.07) is 18.6. The number of benzene rings is 3. The van der Waals surface area contributed by atoms with Crippen LogP contribution in [0.1, 0.15) is 10.4 Å². The number of para-hydroxylation sites is 2. The van der Waals surface area contributed by atoms with E-state index in [1.807, 2.05) is 30.3 Å². The molecule has 0 aliphatic carbocycles. The number of nitrogens with one attached hydrogen (secondary N) is 2. The van der Waals surface area contributed by atoms with Gasteiger partial charge in [-0.2, -0.15) is 0 Å². The number of hydrogen-bond acceptors (Lipinski definition) is 4. The maximum Gasteiger partial charge on any atom is 0.270 e. The van der Waals surface area contributed by atoms with Crippen molar-refractivity contribution < 1.29 is 9.72 Å². The minimum Gasteiger partial charge on any atom is -0.338 e. The number of nitrogens with zero attached hydrogens (tertiary/aromatic N) is 2. The van der Waals surface area contributed by atoms with Gasteiger partial charge in [0.15, 0.2) is 0 Å². The highest BCUT2D eigenvalue weighted by molar-refractivity contribution is 6.34. The molecule has 0 saturated carbocycles. The highest BCUT2D eigenvalue weighted by Gasteiger charge is 2.15. The normalized spacial score (nSPS) is 10.8. The number of nitro groups is 1. The van der Waals surface area contributed by atoms with Crippen LogP contribution in [0.3, 0.4) is 0 Å². The number of carbonyl (C=O) groups excluding carboxylic acids is 1. The fourth-order valence-electron chi connectivity index (χ4n) is 2.83. The number of rotatable bonds is 4. The van der Waals surface area contributed by atoms with E-state index in [2.05, 4.69) is 15.3 Å². The molecular formula is C20H13ClN4O3. The molecule has 138 valence electrons. The van der Waals surface area contributed by atoms with Gasteiger partial charge in [0.05, 0.1) is 26.5 Å². The standard InChI is InChI=1S/C20H13ClN4O3/c21-16-11-14(25(27)28)8-9-15(16)20(26)22-13-5-3-4-12(10-13)19-23-17-6-1-2-7-18(17)24-19/h1-11H,(H,22,26)(H,23,24). The fraction of sp³-hybridized carbons (Fsp3) is 0. The molecule has 3 aromatic carbocycles. The Kier molecular flexibility index (Phi) is 4.50. The minimum atomic E-state index is -0.565. The zero-order valence-corrected chi connectivity index (χ0v) is 15.1. The number of anilines is 1. The summed E-state index contributed by atoms with van der Waals surface area (Å²) in [7, 11) is 0. The van der Waals surface area contributed by atoms with Crippen LogP contribution in [-0.2, 0) is 0 Å². The maximum atomic E-state index is 12.5. The molecule has 0 saturated heterocycles. The van der Waals surface area contributed by atoms with Crippen LogP contribution in [0, 0.1) is 10.1 Å². The lowest BCUT2D eigenvalue weighted by Gasteiger charge is -2.08. The van der Waals surface area contributed by atoms with Gasteiger partial charge in [-0.3, -0.25) is 14.9 Å². The van der Waals surface area contributed by atoms with Crippen molar-refractivity contribution in [2.75, 3.05) is 5.32 Å². The molecule has 4 aromatic rings. The number of H-pyrrole nitrogens is 1. The van der Waals surface area contributed by atoms with E-state index in [0.717, 1.165) is 22.7 Å². The quantitative estimate of drug-likeness (QED) is 0.375. The number of amides is 1. The molecule has 0 unspecified atom stereocenters. The second-order valence-electron chi connectivity index (χ2n) is 6.06.